The first kappa shape index (κ1) is 13.3. The van der Waals surface area contributed by atoms with Crippen molar-refractivity contribution in [3.8, 4) is 11.5 Å². The van der Waals surface area contributed by atoms with Gasteiger partial charge in [0.2, 0.25) is 0 Å². The van der Waals surface area contributed by atoms with Crippen LogP contribution in [0, 0.1) is 6.92 Å². The van der Waals surface area contributed by atoms with Crippen molar-refractivity contribution in [2.24, 2.45) is 5.73 Å². The number of halogens is 1. The third-order valence-corrected chi connectivity index (χ3v) is 4.85. The van der Waals surface area contributed by atoms with Crippen LogP contribution in [0.4, 0.5) is 0 Å². The van der Waals surface area contributed by atoms with Gasteiger partial charge in [-0.1, -0.05) is 28.8 Å². The molecule has 19 heavy (non-hydrogen) atoms. The highest BCUT2D eigenvalue weighted by molar-refractivity contribution is 9.10. The number of benzene rings is 1. The fraction of sp³-hybridized carbons (Fsp3) is 0.600. The average molecular weight is 326 g/mol. The second-order valence-corrected chi connectivity index (χ2v) is 6.45. The van der Waals surface area contributed by atoms with Gasteiger partial charge < -0.3 is 15.2 Å². The van der Waals surface area contributed by atoms with E-state index in [-0.39, 0.29) is 5.54 Å². The summed E-state index contributed by atoms with van der Waals surface area (Å²) in [4.78, 5) is 0. The smallest absolute Gasteiger partial charge is 0.164 e. The normalized spacial score (nSPS) is 21.2. The van der Waals surface area contributed by atoms with Gasteiger partial charge in [0.15, 0.2) is 11.5 Å². The Kier molecular flexibility index (Phi) is 3.48. The zero-order valence-electron chi connectivity index (χ0n) is 11.3. The second-order valence-electron chi connectivity index (χ2n) is 5.60. The van der Waals surface area contributed by atoms with Gasteiger partial charge in [0.05, 0.1) is 13.2 Å². The highest BCUT2D eigenvalue weighted by Crippen LogP contribution is 2.47. The Balaban J connectivity index is 2.12. The van der Waals surface area contributed by atoms with Crippen LogP contribution in [-0.4, -0.2) is 13.2 Å². The lowest BCUT2D eigenvalue weighted by Crippen LogP contribution is -2.34. The molecule has 0 radical (unpaired) electrons. The van der Waals surface area contributed by atoms with Crippen molar-refractivity contribution in [3.63, 3.8) is 0 Å². The number of nitrogens with two attached hydrogens (primary N) is 1. The molecule has 0 bridgehead atoms. The SMILES string of the molecule is Cc1c2c(cc(Br)c1C1(N)CCCC1)OCCCO2. The van der Waals surface area contributed by atoms with Crippen LogP contribution in [0.1, 0.15) is 43.2 Å². The summed E-state index contributed by atoms with van der Waals surface area (Å²) in [7, 11) is 0. The van der Waals surface area contributed by atoms with Gasteiger partial charge in [-0.2, -0.15) is 0 Å². The highest BCUT2D eigenvalue weighted by atomic mass is 79.9. The van der Waals surface area contributed by atoms with Crippen LogP contribution < -0.4 is 15.2 Å². The molecular formula is C15H20BrNO2. The number of fused-ring (bicyclic) bond motifs is 1. The third-order valence-electron chi connectivity index (χ3n) is 4.22. The Morgan fingerprint density at radius 3 is 2.58 bits per heavy atom. The molecule has 0 saturated heterocycles. The zero-order valence-corrected chi connectivity index (χ0v) is 12.9. The summed E-state index contributed by atoms with van der Waals surface area (Å²) < 4.78 is 12.7. The van der Waals surface area contributed by atoms with E-state index in [0.717, 1.165) is 40.8 Å². The first-order chi connectivity index (χ1) is 9.12. The number of hydrogen-bond donors (Lipinski definition) is 1. The van der Waals surface area contributed by atoms with Crippen molar-refractivity contribution < 1.29 is 9.47 Å². The zero-order chi connectivity index (χ0) is 13.5. The third kappa shape index (κ3) is 2.25. The van der Waals surface area contributed by atoms with Gasteiger partial charge in [0.1, 0.15) is 0 Å². The molecule has 2 aliphatic rings. The molecule has 4 heteroatoms. The lowest BCUT2D eigenvalue weighted by molar-refractivity contribution is 0.296. The Hall–Kier alpha value is -0.740. The Morgan fingerprint density at radius 2 is 1.84 bits per heavy atom. The fourth-order valence-electron chi connectivity index (χ4n) is 3.30. The minimum absolute atomic E-state index is 0.215. The molecule has 0 amide bonds. The van der Waals surface area contributed by atoms with E-state index in [2.05, 4.69) is 22.9 Å². The summed E-state index contributed by atoms with van der Waals surface area (Å²) in [5, 5.41) is 0. The van der Waals surface area contributed by atoms with Gasteiger partial charge in [0.25, 0.3) is 0 Å². The lowest BCUT2D eigenvalue weighted by Gasteiger charge is -2.29. The predicted molar refractivity (Wildman–Crippen MR) is 78.8 cm³/mol. The number of hydrogen-bond acceptors (Lipinski definition) is 3. The van der Waals surface area contributed by atoms with E-state index in [1.54, 1.807) is 0 Å². The van der Waals surface area contributed by atoms with Crippen LogP contribution in [0.15, 0.2) is 10.5 Å². The summed E-state index contributed by atoms with van der Waals surface area (Å²) in [6.07, 6.45) is 5.43. The average Bonchev–Trinajstić information content (AvgIpc) is 2.66. The molecule has 1 aromatic rings. The molecule has 104 valence electrons. The summed E-state index contributed by atoms with van der Waals surface area (Å²) >= 11 is 3.68. The first-order valence-electron chi connectivity index (χ1n) is 7.00. The molecular weight excluding hydrogens is 306 g/mol. The minimum atomic E-state index is -0.215. The minimum Gasteiger partial charge on any atom is -0.490 e. The van der Waals surface area contributed by atoms with Crippen LogP contribution in [0.5, 0.6) is 11.5 Å². The Labute approximate surface area is 122 Å². The molecule has 1 fully saturated rings. The van der Waals surface area contributed by atoms with Gasteiger partial charge in [0, 0.05) is 22.0 Å². The van der Waals surface area contributed by atoms with E-state index in [4.69, 9.17) is 15.2 Å². The van der Waals surface area contributed by atoms with Crippen molar-refractivity contribution in [2.45, 2.75) is 44.6 Å². The van der Waals surface area contributed by atoms with Crippen LogP contribution in [0.25, 0.3) is 0 Å². The van der Waals surface area contributed by atoms with Crippen molar-refractivity contribution in [2.75, 3.05) is 13.2 Å². The van der Waals surface area contributed by atoms with Crippen LogP contribution in [-0.2, 0) is 5.54 Å². The van der Waals surface area contributed by atoms with Gasteiger partial charge in [-0.05, 0) is 31.4 Å². The standard InChI is InChI=1S/C15H20BrNO2/c1-10-13(15(17)5-2-3-6-15)11(16)9-12-14(10)19-8-4-7-18-12/h9H,2-8,17H2,1H3. The topological polar surface area (TPSA) is 44.5 Å². The van der Waals surface area contributed by atoms with Crippen molar-refractivity contribution in [1.82, 2.24) is 0 Å². The van der Waals surface area contributed by atoms with E-state index in [1.165, 1.54) is 18.4 Å². The molecule has 1 heterocycles. The molecule has 2 N–H and O–H groups in total. The van der Waals surface area contributed by atoms with E-state index in [0.29, 0.717) is 13.2 Å². The fourth-order valence-corrected chi connectivity index (χ4v) is 4.20. The maximum atomic E-state index is 6.63. The quantitative estimate of drug-likeness (QED) is 0.857. The second kappa shape index (κ2) is 4.98. The molecule has 1 aliphatic heterocycles. The molecule has 3 nitrogen and oxygen atoms in total. The molecule has 1 saturated carbocycles. The Bertz CT molecular complexity index is 495. The molecule has 1 aromatic carbocycles. The maximum Gasteiger partial charge on any atom is 0.164 e. The molecule has 0 spiro atoms. The summed E-state index contributed by atoms with van der Waals surface area (Å²) in [5.41, 5.74) is 8.75. The first-order valence-corrected chi connectivity index (χ1v) is 7.79. The van der Waals surface area contributed by atoms with Gasteiger partial charge in [-0.25, -0.2) is 0 Å². The van der Waals surface area contributed by atoms with Gasteiger partial charge in [-0.15, -0.1) is 0 Å². The number of ether oxygens (including phenoxy) is 2. The van der Waals surface area contributed by atoms with Crippen molar-refractivity contribution >= 4 is 15.9 Å². The van der Waals surface area contributed by atoms with E-state index >= 15 is 0 Å². The van der Waals surface area contributed by atoms with E-state index in [9.17, 15) is 0 Å². The van der Waals surface area contributed by atoms with Gasteiger partial charge >= 0.3 is 0 Å². The molecule has 3 rings (SSSR count). The maximum absolute atomic E-state index is 6.63. The summed E-state index contributed by atoms with van der Waals surface area (Å²) in [6, 6.07) is 2.02. The molecule has 1 aliphatic carbocycles. The molecule has 0 unspecified atom stereocenters. The lowest BCUT2D eigenvalue weighted by atomic mass is 9.86. The predicted octanol–water partition coefficient (Wildman–Crippen LogP) is 3.65. The Morgan fingerprint density at radius 1 is 1.16 bits per heavy atom. The number of rotatable bonds is 1. The highest BCUT2D eigenvalue weighted by Gasteiger charge is 2.36. The van der Waals surface area contributed by atoms with Gasteiger partial charge in [-0.3, -0.25) is 0 Å². The van der Waals surface area contributed by atoms with Crippen molar-refractivity contribution in [3.05, 3.63) is 21.7 Å². The van der Waals surface area contributed by atoms with E-state index < -0.39 is 0 Å². The summed E-state index contributed by atoms with van der Waals surface area (Å²) in [5.74, 6) is 1.72. The van der Waals surface area contributed by atoms with E-state index in [1.807, 2.05) is 6.07 Å². The summed E-state index contributed by atoms with van der Waals surface area (Å²) in [6.45, 7) is 3.53. The van der Waals surface area contributed by atoms with Crippen molar-refractivity contribution in [1.29, 1.82) is 0 Å². The van der Waals surface area contributed by atoms with Crippen LogP contribution in [0.3, 0.4) is 0 Å². The van der Waals surface area contributed by atoms with Crippen LogP contribution >= 0.6 is 15.9 Å². The monoisotopic (exact) mass is 325 g/mol. The largest absolute Gasteiger partial charge is 0.490 e. The molecule has 0 aromatic heterocycles. The molecule has 0 atom stereocenters. The van der Waals surface area contributed by atoms with Crippen LogP contribution in [0.2, 0.25) is 0 Å².